The number of ether oxygens (including phenoxy) is 1. The summed E-state index contributed by atoms with van der Waals surface area (Å²) in [4.78, 5) is 18.6. The first-order valence-electron chi connectivity index (χ1n) is 9.53. The Hall–Kier alpha value is -1.59. The summed E-state index contributed by atoms with van der Waals surface area (Å²) in [6.45, 7) is 12.0. The summed E-state index contributed by atoms with van der Waals surface area (Å²) in [5, 5.41) is 0. The summed E-state index contributed by atoms with van der Waals surface area (Å²) >= 11 is 0. The molecular weight excluding hydrogens is 314 g/mol. The molecule has 1 aromatic rings. The van der Waals surface area contributed by atoms with E-state index in [2.05, 4.69) is 16.7 Å². The van der Waals surface area contributed by atoms with Crippen molar-refractivity contribution in [3.05, 3.63) is 30.3 Å². The molecular formula is C20H31N3O2. The van der Waals surface area contributed by atoms with Crippen LogP contribution in [0.1, 0.15) is 20.3 Å². The molecule has 5 heteroatoms. The number of piperazine rings is 1. The van der Waals surface area contributed by atoms with Gasteiger partial charge in [-0.25, -0.2) is 0 Å². The van der Waals surface area contributed by atoms with Crippen molar-refractivity contribution in [2.45, 2.75) is 26.3 Å². The topological polar surface area (TPSA) is 36.0 Å². The minimum atomic E-state index is 0.208. The number of carbonyl (C=O) groups is 1. The minimum absolute atomic E-state index is 0.208. The number of nitrogens with zero attached hydrogens (tertiary/aromatic N) is 3. The standard InChI is InChI=1S/C20H31N3O2/c1-17-15-21(9-6-14-25-19-7-4-3-5-8-19)16-20(17)23-12-10-22(11-13-23)18(2)24/h3-5,7-8,17,20H,6,9-16H2,1-2H3/t17-,20-/m1/s1. The van der Waals surface area contributed by atoms with Crippen LogP contribution in [0.15, 0.2) is 30.3 Å². The Morgan fingerprint density at radius 3 is 2.52 bits per heavy atom. The smallest absolute Gasteiger partial charge is 0.219 e. The summed E-state index contributed by atoms with van der Waals surface area (Å²) in [6, 6.07) is 10.7. The first-order chi connectivity index (χ1) is 12.1. The van der Waals surface area contributed by atoms with Gasteiger partial charge in [-0.05, 0) is 24.5 Å². The SMILES string of the molecule is CC(=O)N1CCN([C@@H]2CN(CCCOc3ccccc3)C[C@H]2C)CC1. The molecule has 25 heavy (non-hydrogen) atoms. The van der Waals surface area contributed by atoms with Crippen LogP contribution in [0.25, 0.3) is 0 Å². The Labute approximate surface area is 151 Å². The second-order valence-corrected chi connectivity index (χ2v) is 7.36. The Morgan fingerprint density at radius 1 is 1.12 bits per heavy atom. The van der Waals surface area contributed by atoms with E-state index in [4.69, 9.17) is 4.74 Å². The maximum Gasteiger partial charge on any atom is 0.219 e. The summed E-state index contributed by atoms with van der Waals surface area (Å²) in [7, 11) is 0. The second-order valence-electron chi connectivity index (χ2n) is 7.36. The van der Waals surface area contributed by atoms with Gasteiger partial charge in [0.25, 0.3) is 0 Å². The van der Waals surface area contributed by atoms with Crippen LogP contribution in [0.2, 0.25) is 0 Å². The highest BCUT2D eigenvalue weighted by Crippen LogP contribution is 2.23. The van der Waals surface area contributed by atoms with Crippen LogP contribution in [0.4, 0.5) is 0 Å². The van der Waals surface area contributed by atoms with Crippen molar-refractivity contribution in [2.75, 3.05) is 52.4 Å². The zero-order valence-corrected chi connectivity index (χ0v) is 15.6. The van der Waals surface area contributed by atoms with Crippen LogP contribution in [-0.2, 0) is 4.79 Å². The molecule has 1 aromatic carbocycles. The molecule has 5 nitrogen and oxygen atoms in total. The maximum absolute atomic E-state index is 11.5. The monoisotopic (exact) mass is 345 g/mol. The van der Waals surface area contributed by atoms with Crippen LogP contribution in [0.3, 0.4) is 0 Å². The van der Waals surface area contributed by atoms with E-state index in [1.54, 1.807) is 6.92 Å². The fourth-order valence-electron chi connectivity index (χ4n) is 4.07. The van der Waals surface area contributed by atoms with Crippen molar-refractivity contribution >= 4 is 5.91 Å². The third-order valence-corrected chi connectivity index (χ3v) is 5.51. The molecule has 2 heterocycles. The number of hydrogen-bond acceptors (Lipinski definition) is 4. The highest BCUT2D eigenvalue weighted by atomic mass is 16.5. The van der Waals surface area contributed by atoms with Crippen molar-refractivity contribution < 1.29 is 9.53 Å². The quantitative estimate of drug-likeness (QED) is 0.738. The van der Waals surface area contributed by atoms with Crippen molar-refractivity contribution in [3.8, 4) is 5.75 Å². The van der Waals surface area contributed by atoms with Crippen molar-refractivity contribution in [1.29, 1.82) is 0 Å². The van der Waals surface area contributed by atoms with Crippen LogP contribution >= 0.6 is 0 Å². The van der Waals surface area contributed by atoms with Gasteiger partial charge in [0.15, 0.2) is 0 Å². The van der Waals surface area contributed by atoms with Gasteiger partial charge in [-0.15, -0.1) is 0 Å². The van der Waals surface area contributed by atoms with Gasteiger partial charge in [-0.1, -0.05) is 25.1 Å². The molecule has 2 atom stereocenters. The lowest BCUT2D eigenvalue weighted by atomic mass is 10.0. The van der Waals surface area contributed by atoms with E-state index in [1.165, 1.54) is 6.54 Å². The molecule has 3 rings (SSSR count). The van der Waals surface area contributed by atoms with E-state index < -0.39 is 0 Å². The second kappa shape index (κ2) is 8.68. The number of benzene rings is 1. The molecule has 2 aliphatic rings. The Morgan fingerprint density at radius 2 is 1.84 bits per heavy atom. The van der Waals surface area contributed by atoms with Gasteiger partial charge in [0.1, 0.15) is 5.75 Å². The number of carbonyl (C=O) groups excluding carboxylic acids is 1. The van der Waals surface area contributed by atoms with Crippen molar-refractivity contribution in [1.82, 2.24) is 14.7 Å². The van der Waals surface area contributed by atoms with E-state index in [1.807, 2.05) is 35.2 Å². The Balaban J connectivity index is 1.37. The molecule has 0 aromatic heterocycles. The largest absolute Gasteiger partial charge is 0.494 e. The maximum atomic E-state index is 11.5. The lowest BCUT2D eigenvalue weighted by Crippen LogP contribution is -2.53. The van der Waals surface area contributed by atoms with Gasteiger partial charge in [0.2, 0.25) is 5.91 Å². The molecule has 2 aliphatic heterocycles. The minimum Gasteiger partial charge on any atom is -0.494 e. The zero-order valence-electron chi connectivity index (χ0n) is 15.6. The number of para-hydroxylation sites is 1. The Bertz CT molecular complexity index is 543. The normalized spacial score (nSPS) is 25.3. The van der Waals surface area contributed by atoms with Gasteiger partial charge in [-0.2, -0.15) is 0 Å². The highest BCUT2D eigenvalue weighted by molar-refractivity contribution is 5.73. The number of rotatable bonds is 6. The number of likely N-dealkylation sites (tertiary alicyclic amines) is 1. The van der Waals surface area contributed by atoms with Crippen LogP contribution in [-0.4, -0.2) is 79.1 Å². The van der Waals surface area contributed by atoms with Gasteiger partial charge in [-0.3, -0.25) is 9.69 Å². The average molecular weight is 345 g/mol. The predicted octanol–water partition coefficient (Wildman–Crippen LogP) is 1.94. The molecule has 0 bridgehead atoms. The molecule has 2 fully saturated rings. The molecule has 1 amide bonds. The third-order valence-electron chi connectivity index (χ3n) is 5.51. The summed E-state index contributed by atoms with van der Waals surface area (Å²) in [5.41, 5.74) is 0. The van der Waals surface area contributed by atoms with Crippen molar-refractivity contribution in [3.63, 3.8) is 0 Å². The van der Waals surface area contributed by atoms with E-state index in [-0.39, 0.29) is 5.91 Å². The lowest BCUT2D eigenvalue weighted by molar-refractivity contribution is -0.130. The summed E-state index contributed by atoms with van der Waals surface area (Å²) in [6.07, 6.45) is 1.06. The average Bonchev–Trinajstić information content (AvgIpc) is 3.00. The van der Waals surface area contributed by atoms with Gasteiger partial charge in [0, 0.05) is 58.8 Å². The van der Waals surface area contributed by atoms with E-state index in [0.717, 1.165) is 58.0 Å². The summed E-state index contributed by atoms with van der Waals surface area (Å²) < 4.78 is 5.80. The van der Waals surface area contributed by atoms with Gasteiger partial charge in [0.05, 0.1) is 6.61 Å². The molecule has 0 spiro atoms. The summed E-state index contributed by atoms with van der Waals surface area (Å²) in [5.74, 6) is 1.86. The Kier molecular flexibility index (Phi) is 6.32. The molecule has 0 N–H and O–H groups in total. The number of amides is 1. The molecule has 0 radical (unpaired) electrons. The van der Waals surface area contributed by atoms with E-state index >= 15 is 0 Å². The molecule has 0 aliphatic carbocycles. The fraction of sp³-hybridized carbons (Fsp3) is 0.650. The molecule has 138 valence electrons. The van der Waals surface area contributed by atoms with Gasteiger partial charge < -0.3 is 14.5 Å². The van der Waals surface area contributed by atoms with Gasteiger partial charge >= 0.3 is 0 Å². The van der Waals surface area contributed by atoms with E-state index in [0.29, 0.717) is 12.0 Å². The number of hydrogen-bond donors (Lipinski definition) is 0. The third kappa shape index (κ3) is 4.95. The van der Waals surface area contributed by atoms with E-state index in [9.17, 15) is 4.79 Å². The first kappa shape index (κ1) is 18.2. The molecule has 0 saturated carbocycles. The van der Waals surface area contributed by atoms with Crippen molar-refractivity contribution in [2.24, 2.45) is 5.92 Å². The van der Waals surface area contributed by atoms with Crippen LogP contribution in [0, 0.1) is 5.92 Å². The molecule has 0 unspecified atom stereocenters. The van der Waals surface area contributed by atoms with Crippen LogP contribution in [0.5, 0.6) is 5.75 Å². The highest BCUT2D eigenvalue weighted by Gasteiger charge is 2.35. The lowest BCUT2D eigenvalue weighted by Gasteiger charge is -2.39. The zero-order chi connectivity index (χ0) is 17.6. The van der Waals surface area contributed by atoms with Crippen LogP contribution < -0.4 is 4.74 Å². The fourth-order valence-corrected chi connectivity index (χ4v) is 4.07. The molecule has 2 saturated heterocycles. The first-order valence-corrected chi connectivity index (χ1v) is 9.53. The predicted molar refractivity (Wildman–Crippen MR) is 99.8 cm³/mol.